The number of nitro groups is 1. The van der Waals surface area contributed by atoms with E-state index in [1.807, 2.05) is 13.8 Å². The summed E-state index contributed by atoms with van der Waals surface area (Å²) in [5.74, 6) is -0.500. The third-order valence-electron chi connectivity index (χ3n) is 2.36. The molecule has 0 aliphatic carbocycles. The van der Waals surface area contributed by atoms with Crippen molar-refractivity contribution in [2.75, 3.05) is 13.1 Å². The molecule has 0 aliphatic rings. The molecule has 19 heavy (non-hydrogen) atoms. The molecule has 0 aromatic heterocycles. The maximum Gasteiger partial charge on any atom is 0.282 e. The van der Waals surface area contributed by atoms with Crippen LogP contribution in [-0.2, 0) is 0 Å². The molecule has 0 atom stereocenters. The second-order valence-corrected chi connectivity index (χ2v) is 4.72. The van der Waals surface area contributed by atoms with Gasteiger partial charge in [0.15, 0.2) is 0 Å². The molecule has 7 heteroatoms. The third kappa shape index (κ3) is 4.84. The number of halogens is 1. The van der Waals surface area contributed by atoms with Crippen molar-refractivity contribution in [2.24, 2.45) is 0 Å². The number of amides is 1. The normalized spacial score (nSPS) is 10.5. The summed E-state index contributed by atoms with van der Waals surface area (Å²) in [5, 5.41) is 16.9. The standard InChI is InChI=1S/C12H16ClN3O3/c1-8(2)14-5-6-15-12(17)10-7-9(13)3-4-11(10)16(18)19/h3-4,7-8,14H,5-6H2,1-2H3,(H,15,17). The molecule has 0 spiro atoms. The maximum absolute atomic E-state index is 11.9. The van der Waals surface area contributed by atoms with Gasteiger partial charge in [0, 0.05) is 30.2 Å². The molecule has 0 heterocycles. The maximum atomic E-state index is 11.9. The highest BCUT2D eigenvalue weighted by molar-refractivity contribution is 6.31. The van der Waals surface area contributed by atoms with Crippen LogP contribution in [-0.4, -0.2) is 30.0 Å². The summed E-state index contributed by atoms with van der Waals surface area (Å²) >= 11 is 5.75. The van der Waals surface area contributed by atoms with Crippen LogP contribution in [0.5, 0.6) is 0 Å². The average Bonchev–Trinajstić information content (AvgIpc) is 2.33. The molecule has 1 amide bonds. The van der Waals surface area contributed by atoms with Crippen LogP contribution in [0.3, 0.4) is 0 Å². The summed E-state index contributed by atoms with van der Waals surface area (Å²) in [6.07, 6.45) is 0. The highest BCUT2D eigenvalue weighted by atomic mass is 35.5. The van der Waals surface area contributed by atoms with Gasteiger partial charge < -0.3 is 10.6 Å². The van der Waals surface area contributed by atoms with Gasteiger partial charge in [0.25, 0.3) is 11.6 Å². The van der Waals surface area contributed by atoms with E-state index < -0.39 is 10.8 Å². The van der Waals surface area contributed by atoms with Crippen LogP contribution in [0.25, 0.3) is 0 Å². The van der Waals surface area contributed by atoms with Gasteiger partial charge in [-0.25, -0.2) is 0 Å². The molecule has 2 N–H and O–H groups in total. The van der Waals surface area contributed by atoms with Crippen LogP contribution in [0.4, 0.5) is 5.69 Å². The summed E-state index contributed by atoms with van der Waals surface area (Å²) in [6.45, 7) is 4.96. The Balaban J connectivity index is 2.70. The van der Waals surface area contributed by atoms with Crippen molar-refractivity contribution in [3.05, 3.63) is 38.9 Å². The van der Waals surface area contributed by atoms with Gasteiger partial charge in [-0.15, -0.1) is 0 Å². The Morgan fingerprint density at radius 3 is 2.68 bits per heavy atom. The molecule has 0 unspecified atom stereocenters. The molecular weight excluding hydrogens is 270 g/mol. The number of carbonyl (C=O) groups is 1. The van der Waals surface area contributed by atoms with Crippen LogP contribution >= 0.6 is 11.6 Å². The molecule has 1 rings (SSSR count). The molecule has 0 saturated heterocycles. The second-order valence-electron chi connectivity index (χ2n) is 4.28. The number of nitrogens with one attached hydrogen (secondary N) is 2. The number of nitro benzene ring substituents is 1. The zero-order valence-electron chi connectivity index (χ0n) is 10.8. The topological polar surface area (TPSA) is 84.3 Å². The largest absolute Gasteiger partial charge is 0.351 e. The molecule has 0 saturated carbocycles. The van der Waals surface area contributed by atoms with E-state index in [9.17, 15) is 14.9 Å². The first kappa shape index (κ1) is 15.4. The Morgan fingerprint density at radius 2 is 2.11 bits per heavy atom. The highest BCUT2D eigenvalue weighted by Gasteiger charge is 2.19. The smallest absolute Gasteiger partial charge is 0.282 e. The van der Waals surface area contributed by atoms with Crippen molar-refractivity contribution >= 4 is 23.2 Å². The van der Waals surface area contributed by atoms with Gasteiger partial charge in [-0.05, 0) is 12.1 Å². The minimum Gasteiger partial charge on any atom is -0.351 e. The lowest BCUT2D eigenvalue weighted by Crippen LogP contribution is -2.34. The summed E-state index contributed by atoms with van der Waals surface area (Å²) in [6, 6.07) is 4.23. The monoisotopic (exact) mass is 285 g/mol. The Hall–Kier alpha value is -1.66. The fourth-order valence-corrected chi connectivity index (χ4v) is 1.65. The van der Waals surface area contributed by atoms with Crippen LogP contribution in [0, 0.1) is 10.1 Å². The van der Waals surface area contributed by atoms with Gasteiger partial charge >= 0.3 is 0 Å². The predicted octanol–water partition coefficient (Wildman–Crippen LogP) is 1.98. The van der Waals surface area contributed by atoms with Crippen molar-refractivity contribution in [3.8, 4) is 0 Å². The minimum absolute atomic E-state index is 0.0259. The van der Waals surface area contributed by atoms with Gasteiger partial charge in [0.2, 0.25) is 0 Å². The van der Waals surface area contributed by atoms with Crippen LogP contribution < -0.4 is 10.6 Å². The zero-order valence-corrected chi connectivity index (χ0v) is 11.5. The van der Waals surface area contributed by atoms with E-state index in [2.05, 4.69) is 10.6 Å². The summed E-state index contributed by atoms with van der Waals surface area (Å²) in [5.41, 5.74) is -0.277. The Bertz CT molecular complexity index is 477. The van der Waals surface area contributed by atoms with Crippen LogP contribution in [0.15, 0.2) is 18.2 Å². The number of rotatable bonds is 6. The first-order valence-corrected chi connectivity index (χ1v) is 6.25. The molecule has 0 bridgehead atoms. The highest BCUT2D eigenvalue weighted by Crippen LogP contribution is 2.22. The zero-order chi connectivity index (χ0) is 14.4. The van der Waals surface area contributed by atoms with Crippen LogP contribution in [0.1, 0.15) is 24.2 Å². The van der Waals surface area contributed by atoms with Gasteiger partial charge in [-0.3, -0.25) is 14.9 Å². The average molecular weight is 286 g/mol. The second kappa shape index (κ2) is 7.06. The minimum atomic E-state index is -0.600. The summed E-state index contributed by atoms with van der Waals surface area (Å²) < 4.78 is 0. The molecular formula is C12H16ClN3O3. The number of carbonyl (C=O) groups excluding carboxylic acids is 1. The van der Waals surface area contributed by atoms with Gasteiger partial charge in [-0.2, -0.15) is 0 Å². The van der Waals surface area contributed by atoms with E-state index >= 15 is 0 Å². The van der Waals surface area contributed by atoms with E-state index in [1.54, 1.807) is 0 Å². The predicted molar refractivity (Wildman–Crippen MR) is 73.6 cm³/mol. The number of benzene rings is 1. The van der Waals surface area contributed by atoms with E-state index in [1.165, 1.54) is 18.2 Å². The van der Waals surface area contributed by atoms with E-state index in [0.29, 0.717) is 19.1 Å². The van der Waals surface area contributed by atoms with Crippen molar-refractivity contribution < 1.29 is 9.72 Å². The molecule has 0 fully saturated rings. The first-order valence-electron chi connectivity index (χ1n) is 5.87. The SMILES string of the molecule is CC(C)NCCNC(=O)c1cc(Cl)ccc1[N+](=O)[O-]. The van der Waals surface area contributed by atoms with Gasteiger partial charge in [-0.1, -0.05) is 25.4 Å². The van der Waals surface area contributed by atoms with Gasteiger partial charge in [0.1, 0.15) is 5.56 Å². The summed E-state index contributed by atoms with van der Waals surface area (Å²) in [4.78, 5) is 22.1. The number of nitrogens with zero attached hydrogens (tertiary/aromatic N) is 1. The Morgan fingerprint density at radius 1 is 1.42 bits per heavy atom. The summed E-state index contributed by atoms with van der Waals surface area (Å²) in [7, 11) is 0. The molecule has 104 valence electrons. The van der Waals surface area contributed by atoms with Crippen molar-refractivity contribution in [1.29, 1.82) is 0 Å². The fraction of sp³-hybridized carbons (Fsp3) is 0.417. The molecule has 1 aromatic carbocycles. The number of hydrogen-bond donors (Lipinski definition) is 2. The van der Waals surface area contributed by atoms with E-state index in [0.717, 1.165) is 0 Å². The Kier molecular flexibility index (Phi) is 5.72. The fourth-order valence-electron chi connectivity index (χ4n) is 1.48. The van der Waals surface area contributed by atoms with E-state index in [-0.39, 0.29) is 16.3 Å². The first-order chi connectivity index (χ1) is 8.91. The van der Waals surface area contributed by atoms with Crippen molar-refractivity contribution in [1.82, 2.24) is 10.6 Å². The van der Waals surface area contributed by atoms with E-state index in [4.69, 9.17) is 11.6 Å². The molecule has 6 nitrogen and oxygen atoms in total. The van der Waals surface area contributed by atoms with Crippen LogP contribution in [0.2, 0.25) is 5.02 Å². The molecule has 1 aromatic rings. The van der Waals surface area contributed by atoms with Gasteiger partial charge in [0.05, 0.1) is 4.92 Å². The van der Waals surface area contributed by atoms with Crippen molar-refractivity contribution in [2.45, 2.75) is 19.9 Å². The lowest BCUT2D eigenvalue weighted by atomic mass is 10.1. The lowest BCUT2D eigenvalue weighted by molar-refractivity contribution is -0.385. The molecule has 0 radical (unpaired) electrons. The number of hydrogen-bond acceptors (Lipinski definition) is 4. The molecule has 0 aliphatic heterocycles. The Labute approximate surface area is 116 Å². The third-order valence-corrected chi connectivity index (χ3v) is 2.60. The quantitative estimate of drug-likeness (QED) is 0.475. The lowest BCUT2D eigenvalue weighted by Gasteiger charge is -2.09. The van der Waals surface area contributed by atoms with Crippen molar-refractivity contribution in [3.63, 3.8) is 0 Å².